The van der Waals surface area contributed by atoms with Crippen LogP contribution < -0.4 is 10.1 Å². The monoisotopic (exact) mass is 265 g/mol. The molecule has 0 bridgehead atoms. The van der Waals surface area contributed by atoms with Crippen molar-refractivity contribution in [1.29, 1.82) is 0 Å². The number of hydrogen-bond acceptors (Lipinski definition) is 3. The van der Waals surface area contributed by atoms with Crippen molar-refractivity contribution >= 4 is 0 Å². The van der Waals surface area contributed by atoms with Gasteiger partial charge in [0.2, 0.25) is 0 Å². The zero-order valence-electron chi connectivity index (χ0n) is 13.0. The fourth-order valence-corrected chi connectivity index (χ4v) is 1.88. The summed E-state index contributed by atoms with van der Waals surface area (Å²) in [5.74, 6) is 0.948. The third-order valence-electron chi connectivity index (χ3n) is 3.26. The summed E-state index contributed by atoms with van der Waals surface area (Å²) >= 11 is 0. The fourth-order valence-electron chi connectivity index (χ4n) is 1.88. The van der Waals surface area contributed by atoms with Gasteiger partial charge < -0.3 is 14.8 Å². The molecule has 108 valence electrons. The molecule has 1 aromatic rings. The van der Waals surface area contributed by atoms with Crippen LogP contribution in [0.2, 0.25) is 0 Å². The molecule has 0 spiro atoms. The molecule has 0 saturated carbocycles. The van der Waals surface area contributed by atoms with Crippen molar-refractivity contribution in [2.45, 2.75) is 39.2 Å². The summed E-state index contributed by atoms with van der Waals surface area (Å²) < 4.78 is 11.0. The summed E-state index contributed by atoms with van der Waals surface area (Å²) in [6.45, 7) is 10.0. The molecule has 0 fully saturated rings. The summed E-state index contributed by atoms with van der Waals surface area (Å²) in [7, 11) is 3.62. The van der Waals surface area contributed by atoms with Crippen LogP contribution in [-0.4, -0.2) is 33.4 Å². The molecule has 0 radical (unpaired) electrons. The van der Waals surface area contributed by atoms with Gasteiger partial charge in [-0.1, -0.05) is 32.9 Å². The van der Waals surface area contributed by atoms with E-state index >= 15 is 0 Å². The lowest BCUT2D eigenvalue weighted by Gasteiger charge is -2.21. The predicted octanol–water partition coefficient (Wildman–Crippen LogP) is 2.91. The second kappa shape index (κ2) is 6.92. The quantitative estimate of drug-likeness (QED) is 0.858. The highest BCUT2D eigenvalue weighted by atomic mass is 16.5. The Bertz CT molecular complexity index is 396. The van der Waals surface area contributed by atoms with Gasteiger partial charge in [0.15, 0.2) is 0 Å². The summed E-state index contributed by atoms with van der Waals surface area (Å²) in [5, 5.41) is 3.18. The minimum Gasteiger partial charge on any atom is -0.492 e. The van der Waals surface area contributed by atoms with E-state index in [1.807, 2.05) is 7.05 Å². The molecule has 3 heteroatoms. The van der Waals surface area contributed by atoms with Crippen LogP contribution in [0.3, 0.4) is 0 Å². The van der Waals surface area contributed by atoms with Crippen molar-refractivity contribution in [3.63, 3.8) is 0 Å². The Morgan fingerprint density at radius 3 is 2.37 bits per heavy atom. The van der Waals surface area contributed by atoms with Crippen molar-refractivity contribution < 1.29 is 9.47 Å². The lowest BCUT2D eigenvalue weighted by molar-refractivity contribution is 0.139. The van der Waals surface area contributed by atoms with Crippen molar-refractivity contribution in [3.8, 4) is 5.75 Å². The summed E-state index contributed by atoms with van der Waals surface area (Å²) in [4.78, 5) is 0. The van der Waals surface area contributed by atoms with E-state index in [1.54, 1.807) is 7.11 Å². The molecular weight excluding hydrogens is 238 g/mol. The van der Waals surface area contributed by atoms with E-state index < -0.39 is 0 Å². The highest BCUT2D eigenvalue weighted by Crippen LogP contribution is 2.27. The van der Waals surface area contributed by atoms with E-state index in [-0.39, 0.29) is 11.5 Å². The Labute approximate surface area is 117 Å². The number of likely N-dealkylation sites (N-methyl/N-ethyl adjacent to an activating group) is 1. The maximum absolute atomic E-state index is 5.87. The van der Waals surface area contributed by atoms with Gasteiger partial charge in [-0.3, -0.25) is 0 Å². The summed E-state index contributed by atoms with van der Waals surface area (Å²) in [6, 6.07) is 6.63. The second-order valence-corrected chi connectivity index (χ2v) is 5.98. The van der Waals surface area contributed by atoms with Gasteiger partial charge in [0.1, 0.15) is 12.4 Å². The molecule has 1 unspecified atom stereocenters. The number of aryl methyl sites for hydroxylation is 1. The fraction of sp³-hybridized carbons (Fsp3) is 0.625. The number of ether oxygens (including phenoxy) is 2. The van der Waals surface area contributed by atoms with Crippen molar-refractivity contribution in [2.24, 2.45) is 0 Å². The predicted molar refractivity (Wildman–Crippen MR) is 80.1 cm³/mol. The molecule has 0 aliphatic carbocycles. The van der Waals surface area contributed by atoms with Crippen molar-refractivity contribution in [1.82, 2.24) is 5.32 Å². The Morgan fingerprint density at radius 2 is 1.89 bits per heavy atom. The Kier molecular flexibility index (Phi) is 5.83. The van der Waals surface area contributed by atoms with Crippen LogP contribution in [-0.2, 0) is 10.2 Å². The molecule has 1 rings (SSSR count). The molecule has 0 aromatic heterocycles. The summed E-state index contributed by atoms with van der Waals surface area (Å²) in [6.07, 6.45) is 0. The van der Waals surface area contributed by atoms with E-state index in [1.165, 1.54) is 11.1 Å². The lowest BCUT2D eigenvalue weighted by Crippen LogP contribution is -2.35. The zero-order valence-corrected chi connectivity index (χ0v) is 13.0. The number of nitrogens with one attached hydrogen (secondary N) is 1. The third kappa shape index (κ3) is 4.84. The molecular formula is C16H27NO2. The van der Waals surface area contributed by atoms with Gasteiger partial charge in [0.25, 0.3) is 0 Å². The molecule has 0 heterocycles. The van der Waals surface area contributed by atoms with Crippen LogP contribution in [0.15, 0.2) is 18.2 Å². The third-order valence-corrected chi connectivity index (χ3v) is 3.26. The molecule has 3 nitrogen and oxygen atoms in total. The van der Waals surface area contributed by atoms with E-state index in [4.69, 9.17) is 9.47 Å². The number of hydrogen-bond donors (Lipinski definition) is 1. The number of benzene rings is 1. The van der Waals surface area contributed by atoms with Crippen LogP contribution in [0.5, 0.6) is 5.75 Å². The molecule has 0 saturated heterocycles. The van der Waals surface area contributed by atoms with E-state index in [0.717, 1.165) is 5.75 Å². The van der Waals surface area contributed by atoms with E-state index in [9.17, 15) is 0 Å². The Morgan fingerprint density at radius 1 is 1.21 bits per heavy atom. The SMILES string of the molecule is CNC(COC)COc1ccc(C(C)(C)C)cc1C. The van der Waals surface area contributed by atoms with Crippen LogP contribution in [0, 0.1) is 6.92 Å². The van der Waals surface area contributed by atoms with Gasteiger partial charge in [-0.25, -0.2) is 0 Å². The molecule has 19 heavy (non-hydrogen) atoms. The number of rotatable bonds is 6. The molecule has 0 aliphatic heterocycles. The first-order chi connectivity index (χ1) is 8.88. The van der Waals surface area contributed by atoms with Crippen LogP contribution in [0.25, 0.3) is 0 Å². The van der Waals surface area contributed by atoms with Crippen LogP contribution in [0.4, 0.5) is 0 Å². The normalized spacial score (nSPS) is 13.4. The standard InChI is InChI=1S/C16H27NO2/c1-12-9-13(16(2,3)4)7-8-15(12)19-11-14(17-5)10-18-6/h7-9,14,17H,10-11H2,1-6H3. The average molecular weight is 265 g/mol. The Balaban J connectivity index is 2.70. The van der Waals surface area contributed by atoms with Gasteiger partial charge in [0.05, 0.1) is 12.6 Å². The molecule has 0 amide bonds. The minimum absolute atomic E-state index is 0.173. The first kappa shape index (κ1) is 16.0. The van der Waals surface area contributed by atoms with Crippen LogP contribution in [0.1, 0.15) is 31.9 Å². The zero-order chi connectivity index (χ0) is 14.5. The Hall–Kier alpha value is -1.06. The highest BCUT2D eigenvalue weighted by molar-refractivity contribution is 5.38. The first-order valence-electron chi connectivity index (χ1n) is 6.78. The topological polar surface area (TPSA) is 30.5 Å². The van der Waals surface area contributed by atoms with Gasteiger partial charge >= 0.3 is 0 Å². The highest BCUT2D eigenvalue weighted by Gasteiger charge is 2.15. The van der Waals surface area contributed by atoms with Crippen molar-refractivity contribution in [3.05, 3.63) is 29.3 Å². The maximum Gasteiger partial charge on any atom is 0.122 e. The van der Waals surface area contributed by atoms with Gasteiger partial charge in [-0.2, -0.15) is 0 Å². The molecule has 1 aromatic carbocycles. The first-order valence-corrected chi connectivity index (χ1v) is 6.78. The van der Waals surface area contributed by atoms with Gasteiger partial charge in [-0.15, -0.1) is 0 Å². The molecule has 1 atom stereocenters. The van der Waals surface area contributed by atoms with Crippen molar-refractivity contribution in [2.75, 3.05) is 27.4 Å². The smallest absolute Gasteiger partial charge is 0.122 e. The maximum atomic E-state index is 5.87. The molecule has 1 N–H and O–H groups in total. The van der Waals surface area contributed by atoms with Gasteiger partial charge in [-0.05, 0) is 36.6 Å². The minimum atomic E-state index is 0.173. The molecule has 0 aliphatic rings. The lowest BCUT2D eigenvalue weighted by atomic mass is 9.86. The average Bonchev–Trinajstić information content (AvgIpc) is 2.34. The summed E-state index contributed by atoms with van der Waals surface area (Å²) in [5.41, 5.74) is 2.69. The number of methoxy groups -OCH3 is 1. The van der Waals surface area contributed by atoms with E-state index in [2.05, 4.69) is 51.2 Å². The van der Waals surface area contributed by atoms with Gasteiger partial charge in [0, 0.05) is 7.11 Å². The van der Waals surface area contributed by atoms with E-state index in [0.29, 0.717) is 13.2 Å². The second-order valence-electron chi connectivity index (χ2n) is 5.98. The van der Waals surface area contributed by atoms with Crippen LogP contribution >= 0.6 is 0 Å². The largest absolute Gasteiger partial charge is 0.492 e.